The average Bonchev–Trinajstić information content (AvgIpc) is 2.75. The molecule has 11 heteroatoms. The SMILES string of the molecule is O=C(Nc1ccc2nc[nH]c(=O)c2c1)c1ccc(Cl)c(S(=O)(=O)N2CCOCC2)c1. The van der Waals surface area contributed by atoms with Crippen LogP contribution in [0.25, 0.3) is 10.9 Å². The molecule has 1 saturated heterocycles. The number of carbonyl (C=O) groups excluding carboxylic acids is 1. The van der Waals surface area contributed by atoms with E-state index < -0.39 is 15.9 Å². The van der Waals surface area contributed by atoms with E-state index in [0.717, 1.165) is 0 Å². The van der Waals surface area contributed by atoms with E-state index in [2.05, 4.69) is 15.3 Å². The van der Waals surface area contributed by atoms with Gasteiger partial charge in [0.25, 0.3) is 11.5 Å². The lowest BCUT2D eigenvalue weighted by atomic mass is 10.2. The molecule has 0 bridgehead atoms. The molecule has 9 nitrogen and oxygen atoms in total. The Kier molecular flexibility index (Phi) is 5.56. The Balaban J connectivity index is 1.63. The Morgan fingerprint density at radius 3 is 2.70 bits per heavy atom. The van der Waals surface area contributed by atoms with Crippen molar-refractivity contribution in [3.8, 4) is 0 Å². The van der Waals surface area contributed by atoms with Gasteiger partial charge in [-0.15, -0.1) is 0 Å². The zero-order valence-electron chi connectivity index (χ0n) is 15.6. The monoisotopic (exact) mass is 448 g/mol. The summed E-state index contributed by atoms with van der Waals surface area (Å²) in [6.45, 7) is 1.03. The third kappa shape index (κ3) is 3.94. The van der Waals surface area contributed by atoms with Gasteiger partial charge < -0.3 is 15.0 Å². The second-order valence-corrected chi connectivity index (χ2v) is 8.89. The predicted octanol–water partition coefficient (Wildman–Crippen LogP) is 1.85. The number of morpholine rings is 1. The van der Waals surface area contributed by atoms with E-state index in [1.54, 1.807) is 12.1 Å². The van der Waals surface area contributed by atoms with E-state index in [9.17, 15) is 18.0 Å². The van der Waals surface area contributed by atoms with Gasteiger partial charge in [0.15, 0.2) is 0 Å². The number of halogens is 1. The molecule has 0 aliphatic carbocycles. The summed E-state index contributed by atoms with van der Waals surface area (Å²) in [7, 11) is -3.87. The zero-order chi connectivity index (χ0) is 21.3. The van der Waals surface area contributed by atoms with Gasteiger partial charge in [-0.2, -0.15) is 4.31 Å². The largest absolute Gasteiger partial charge is 0.379 e. The lowest BCUT2D eigenvalue weighted by molar-refractivity contribution is 0.0730. The average molecular weight is 449 g/mol. The number of fused-ring (bicyclic) bond motifs is 1. The Labute approximate surface area is 176 Å². The van der Waals surface area contributed by atoms with Crippen molar-refractivity contribution in [1.29, 1.82) is 0 Å². The fourth-order valence-electron chi connectivity index (χ4n) is 3.12. The van der Waals surface area contributed by atoms with Crippen LogP contribution in [0.1, 0.15) is 10.4 Å². The Bertz CT molecular complexity index is 1290. The molecule has 0 saturated carbocycles. The molecule has 2 N–H and O–H groups in total. The number of sulfonamides is 1. The lowest BCUT2D eigenvalue weighted by Crippen LogP contribution is -2.40. The number of hydrogen-bond donors (Lipinski definition) is 2. The maximum atomic E-state index is 12.9. The maximum Gasteiger partial charge on any atom is 0.258 e. The number of aromatic nitrogens is 2. The van der Waals surface area contributed by atoms with Crippen LogP contribution in [0.3, 0.4) is 0 Å². The molecule has 1 aliphatic rings. The first-order valence-corrected chi connectivity index (χ1v) is 10.8. The number of rotatable bonds is 4. The van der Waals surface area contributed by atoms with Crippen LogP contribution in [0.4, 0.5) is 5.69 Å². The predicted molar refractivity (Wildman–Crippen MR) is 111 cm³/mol. The topological polar surface area (TPSA) is 121 Å². The van der Waals surface area contributed by atoms with Crippen LogP contribution in [-0.2, 0) is 14.8 Å². The summed E-state index contributed by atoms with van der Waals surface area (Å²) in [4.78, 5) is 31.0. The third-order valence-corrected chi connectivity index (χ3v) is 7.06. The fourth-order valence-corrected chi connectivity index (χ4v) is 5.03. The van der Waals surface area contributed by atoms with E-state index in [-0.39, 0.29) is 34.1 Å². The Hall–Kier alpha value is -2.79. The van der Waals surface area contributed by atoms with Gasteiger partial charge in [0.05, 0.1) is 35.5 Å². The van der Waals surface area contributed by atoms with Gasteiger partial charge in [0.2, 0.25) is 10.0 Å². The normalized spacial score (nSPS) is 15.2. The Morgan fingerprint density at radius 2 is 1.93 bits per heavy atom. The van der Waals surface area contributed by atoms with Crippen LogP contribution in [-0.4, -0.2) is 54.9 Å². The lowest BCUT2D eigenvalue weighted by Gasteiger charge is -2.26. The second-order valence-electron chi connectivity index (χ2n) is 6.58. The Morgan fingerprint density at radius 1 is 1.17 bits per heavy atom. The first-order chi connectivity index (χ1) is 14.4. The molecular weight excluding hydrogens is 432 g/mol. The molecule has 1 amide bonds. The number of benzene rings is 2. The van der Waals surface area contributed by atoms with Crippen molar-refractivity contribution < 1.29 is 17.9 Å². The van der Waals surface area contributed by atoms with Crippen molar-refractivity contribution in [2.75, 3.05) is 31.6 Å². The quantitative estimate of drug-likeness (QED) is 0.628. The summed E-state index contributed by atoms with van der Waals surface area (Å²) >= 11 is 6.13. The molecule has 0 unspecified atom stereocenters. The molecule has 1 aliphatic heterocycles. The molecule has 1 aromatic heterocycles. The highest BCUT2D eigenvalue weighted by atomic mass is 35.5. The summed E-state index contributed by atoms with van der Waals surface area (Å²) in [5.74, 6) is -0.537. The zero-order valence-corrected chi connectivity index (χ0v) is 17.2. The van der Waals surface area contributed by atoms with Gasteiger partial charge in [-0.25, -0.2) is 13.4 Å². The maximum absolute atomic E-state index is 12.9. The fraction of sp³-hybridized carbons (Fsp3) is 0.211. The van der Waals surface area contributed by atoms with Gasteiger partial charge in [-0.05, 0) is 36.4 Å². The molecule has 156 valence electrons. The molecule has 0 atom stereocenters. The van der Waals surface area contributed by atoms with Crippen LogP contribution in [0.2, 0.25) is 5.02 Å². The molecule has 0 spiro atoms. The molecular formula is C19H17ClN4O5S. The number of amides is 1. The summed E-state index contributed by atoms with van der Waals surface area (Å²) in [5.41, 5.74) is 0.647. The van der Waals surface area contributed by atoms with Crippen LogP contribution < -0.4 is 10.9 Å². The van der Waals surface area contributed by atoms with E-state index >= 15 is 0 Å². The number of nitrogens with one attached hydrogen (secondary N) is 2. The summed E-state index contributed by atoms with van der Waals surface area (Å²) in [6.07, 6.45) is 1.30. The van der Waals surface area contributed by atoms with Crippen molar-refractivity contribution in [2.45, 2.75) is 4.90 Å². The minimum Gasteiger partial charge on any atom is -0.379 e. The van der Waals surface area contributed by atoms with Crippen molar-refractivity contribution >= 4 is 44.1 Å². The highest BCUT2D eigenvalue weighted by Crippen LogP contribution is 2.27. The number of ether oxygens (including phenoxy) is 1. The highest BCUT2D eigenvalue weighted by molar-refractivity contribution is 7.89. The van der Waals surface area contributed by atoms with Gasteiger partial charge in [0, 0.05) is 24.3 Å². The number of H-pyrrole nitrogens is 1. The number of carbonyl (C=O) groups is 1. The number of aromatic amines is 1. The van der Waals surface area contributed by atoms with E-state index in [1.807, 2.05) is 0 Å². The van der Waals surface area contributed by atoms with E-state index in [0.29, 0.717) is 29.8 Å². The van der Waals surface area contributed by atoms with Gasteiger partial charge in [-0.3, -0.25) is 9.59 Å². The number of anilines is 1. The van der Waals surface area contributed by atoms with Crippen LogP contribution in [0.15, 0.2) is 52.4 Å². The first-order valence-electron chi connectivity index (χ1n) is 9.02. The van der Waals surface area contributed by atoms with Crippen molar-refractivity contribution in [2.24, 2.45) is 0 Å². The van der Waals surface area contributed by atoms with Crippen molar-refractivity contribution in [3.05, 3.63) is 63.7 Å². The third-order valence-electron chi connectivity index (χ3n) is 4.68. The molecule has 2 aromatic carbocycles. The standard InChI is InChI=1S/C19H17ClN4O5S/c20-15-3-1-12(9-17(15)30(27,28)24-5-7-29-8-6-24)18(25)23-13-2-4-16-14(10-13)19(26)22-11-21-16/h1-4,9-11H,5-8H2,(H,23,25)(H,21,22,26). The van der Waals surface area contributed by atoms with Crippen LogP contribution >= 0.6 is 11.6 Å². The summed E-state index contributed by atoms with van der Waals surface area (Å²) in [6, 6.07) is 8.77. The van der Waals surface area contributed by atoms with Crippen LogP contribution in [0.5, 0.6) is 0 Å². The molecule has 1 fully saturated rings. The number of hydrogen-bond acceptors (Lipinski definition) is 6. The van der Waals surface area contributed by atoms with Crippen molar-refractivity contribution in [3.63, 3.8) is 0 Å². The highest BCUT2D eigenvalue weighted by Gasteiger charge is 2.29. The second kappa shape index (κ2) is 8.15. The summed E-state index contributed by atoms with van der Waals surface area (Å²) in [5, 5.41) is 3.01. The van der Waals surface area contributed by atoms with E-state index in [1.165, 1.54) is 34.9 Å². The molecule has 30 heavy (non-hydrogen) atoms. The number of nitrogens with zero attached hydrogens (tertiary/aromatic N) is 2. The first kappa shape index (κ1) is 20.5. The molecule has 4 rings (SSSR count). The minimum atomic E-state index is -3.87. The van der Waals surface area contributed by atoms with Gasteiger partial charge >= 0.3 is 0 Å². The molecule has 2 heterocycles. The molecule has 3 aromatic rings. The van der Waals surface area contributed by atoms with Gasteiger partial charge in [0.1, 0.15) is 4.90 Å². The van der Waals surface area contributed by atoms with Gasteiger partial charge in [-0.1, -0.05) is 11.6 Å². The molecule has 0 radical (unpaired) electrons. The van der Waals surface area contributed by atoms with E-state index in [4.69, 9.17) is 16.3 Å². The minimum absolute atomic E-state index is 0.0290. The van der Waals surface area contributed by atoms with Crippen LogP contribution in [0, 0.1) is 0 Å². The van der Waals surface area contributed by atoms with Crippen molar-refractivity contribution in [1.82, 2.24) is 14.3 Å². The smallest absolute Gasteiger partial charge is 0.258 e. The summed E-state index contributed by atoms with van der Waals surface area (Å²) < 4.78 is 32.3.